The molecule has 2 rings (SSSR count). The molecule has 7 heteroatoms. The molecule has 1 aliphatic rings. The Balaban J connectivity index is 2.29. The first-order chi connectivity index (χ1) is 8.95. The summed E-state index contributed by atoms with van der Waals surface area (Å²) in [6, 6.07) is 0.0326. The molecule has 1 fully saturated rings. The van der Waals surface area contributed by atoms with E-state index < -0.39 is 10.0 Å². The smallest absolute Gasteiger partial charge is 0.246 e. The average molecular weight is 284 g/mol. The van der Waals surface area contributed by atoms with E-state index in [4.69, 9.17) is 0 Å². The van der Waals surface area contributed by atoms with Crippen LogP contribution in [0.2, 0.25) is 0 Å². The van der Waals surface area contributed by atoms with Gasteiger partial charge < -0.3 is 5.32 Å². The highest BCUT2D eigenvalue weighted by Crippen LogP contribution is 2.27. The summed E-state index contributed by atoms with van der Waals surface area (Å²) in [5.74, 6) is 0.808. The second-order valence-electron chi connectivity index (χ2n) is 5.10. The molecule has 0 saturated carbocycles. The minimum Gasteiger partial charge on any atom is -0.357 e. The van der Waals surface area contributed by atoms with Gasteiger partial charge in [0.15, 0.2) is 0 Å². The Kier molecular flexibility index (Phi) is 4.05. The highest BCUT2D eigenvalue weighted by atomic mass is 32.2. The topological polar surface area (TPSA) is 75.2 Å². The van der Waals surface area contributed by atoms with E-state index in [0.29, 0.717) is 18.4 Å². The summed E-state index contributed by atoms with van der Waals surface area (Å²) in [6.07, 6.45) is 4.69. The molecule has 2 unspecified atom stereocenters. The van der Waals surface area contributed by atoms with Crippen molar-refractivity contribution in [2.45, 2.75) is 37.6 Å². The molecule has 0 spiro atoms. The van der Waals surface area contributed by atoms with Crippen LogP contribution < -0.4 is 5.32 Å². The van der Waals surface area contributed by atoms with E-state index in [9.17, 15) is 8.42 Å². The van der Waals surface area contributed by atoms with Crippen molar-refractivity contribution in [3.05, 3.63) is 12.4 Å². The molecule has 1 aromatic rings. The van der Waals surface area contributed by atoms with E-state index >= 15 is 0 Å². The lowest BCUT2D eigenvalue weighted by atomic mass is 9.97. The lowest BCUT2D eigenvalue weighted by Gasteiger charge is -2.35. The molecule has 0 radical (unpaired) electrons. The van der Waals surface area contributed by atoms with E-state index in [2.05, 4.69) is 22.2 Å². The largest absolute Gasteiger partial charge is 0.357 e. The SMILES string of the molecule is CNc1ncc(S(=O)(=O)N2CC(C)CCC2C)cn1. The molecular formula is C12H20N4O2S. The van der Waals surface area contributed by atoms with Gasteiger partial charge in [0.25, 0.3) is 0 Å². The lowest BCUT2D eigenvalue weighted by Crippen LogP contribution is -2.44. The molecule has 0 amide bonds. The average Bonchev–Trinajstić information content (AvgIpc) is 2.41. The molecule has 1 aliphatic heterocycles. The number of aromatic nitrogens is 2. The Morgan fingerprint density at radius 3 is 2.47 bits per heavy atom. The van der Waals surface area contributed by atoms with Crippen LogP contribution in [0.4, 0.5) is 5.95 Å². The van der Waals surface area contributed by atoms with Crippen molar-refractivity contribution in [1.82, 2.24) is 14.3 Å². The Hall–Kier alpha value is -1.21. The first-order valence-electron chi connectivity index (χ1n) is 6.46. The molecule has 2 atom stereocenters. The van der Waals surface area contributed by atoms with Crippen molar-refractivity contribution in [3.8, 4) is 0 Å². The first-order valence-corrected chi connectivity index (χ1v) is 7.90. The van der Waals surface area contributed by atoms with E-state index in [0.717, 1.165) is 12.8 Å². The monoisotopic (exact) mass is 284 g/mol. The Bertz CT molecular complexity index is 529. The summed E-state index contributed by atoms with van der Waals surface area (Å²) in [4.78, 5) is 8.11. The number of rotatable bonds is 3. The molecular weight excluding hydrogens is 264 g/mol. The maximum absolute atomic E-state index is 12.6. The van der Waals surface area contributed by atoms with E-state index in [1.807, 2.05) is 6.92 Å². The summed E-state index contributed by atoms with van der Waals surface area (Å²) < 4.78 is 26.7. The van der Waals surface area contributed by atoms with Gasteiger partial charge in [0, 0.05) is 19.6 Å². The summed E-state index contributed by atoms with van der Waals surface area (Å²) in [5.41, 5.74) is 0. The van der Waals surface area contributed by atoms with Crippen molar-refractivity contribution in [2.75, 3.05) is 18.9 Å². The van der Waals surface area contributed by atoms with Gasteiger partial charge in [-0.2, -0.15) is 4.31 Å². The van der Waals surface area contributed by atoms with Crippen LogP contribution in [0.1, 0.15) is 26.7 Å². The molecule has 1 N–H and O–H groups in total. The third-order valence-electron chi connectivity index (χ3n) is 3.52. The van der Waals surface area contributed by atoms with Gasteiger partial charge in [-0.1, -0.05) is 6.92 Å². The van der Waals surface area contributed by atoms with Gasteiger partial charge in [0.1, 0.15) is 4.90 Å². The van der Waals surface area contributed by atoms with Crippen molar-refractivity contribution in [2.24, 2.45) is 5.92 Å². The fraction of sp³-hybridized carbons (Fsp3) is 0.667. The number of sulfonamides is 1. The number of nitrogens with one attached hydrogen (secondary N) is 1. The summed E-state index contributed by atoms with van der Waals surface area (Å²) in [6.45, 7) is 4.60. The van der Waals surface area contributed by atoms with Gasteiger partial charge >= 0.3 is 0 Å². The minimum absolute atomic E-state index is 0.0326. The van der Waals surface area contributed by atoms with E-state index in [1.165, 1.54) is 12.4 Å². The number of anilines is 1. The van der Waals surface area contributed by atoms with Gasteiger partial charge in [0.05, 0.1) is 12.4 Å². The summed E-state index contributed by atoms with van der Waals surface area (Å²) >= 11 is 0. The zero-order chi connectivity index (χ0) is 14.0. The van der Waals surface area contributed by atoms with Crippen molar-refractivity contribution < 1.29 is 8.42 Å². The van der Waals surface area contributed by atoms with E-state index in [1.54, 1.807) is 11.4 Å². The van der Waals surface area contributed by atoms with Crippen molar-refractivity contribution in [3.63, 3.8) is 0 Å². The van der Waals surface area contributed by atoms with Crippen LogP contribution >= 0.6 is 0 Å². The molecule has 19 heavy (non-hydrogen) atoms. The number of hydrogen-bond donors (Lipinski definition) is 1. The fourth-order valence-electron chi connectivity index (χ4n) is 2.30. The molecule has 6 nitrogen and oxygen atoms in total. The highest BCUT2D eigenvalue weighted by Gasteiger charge is 2.33. The molecule has 0 aliphatic carbocycles. The lowest BCUT2D eigenvalue weighted by molar-refractivity contribution is 0.218. The first kappa shape index (κ1) is 14.2. The van der Waals surface area contributed by atoms with Gasteiger partial charge in [-0.3, -0.25) is 0 Å². The molecule has 2 heterocycles. The van der Waals surface area contributed by atoms with Crippen molar-refractivity contribution >= 4 is 16.0 Å². The van der Waals surface area contributed by atoms with Crippen LogP contribution in [0, 0.1) is 5.92 Å². The van der Waals surface area contributed by atoms with Gasteiger partial charge in [0.2, 0.25) is 16.0 Å². The van der Waals surface area contributed by atoms with Crippen LogP contribution in [-0.2, 0) is 10.0 Å². The fourth-order valence-corrected chi connectivity index (χ4v) is 3.97. The maximum Gasteiger partial charge on any atom is 0.246 e. The predicted octanol–water partition coefficient (Wildman–Crippen LogP) is 1.33. The number of nitrogens with zero attached hydrogens (tertiary/aromatic N) is 3. The van der Waals surface area contributed by atoms with Crippen molar-refractivity contribution in [1.29, 1.82) is 0 Å². The predicted molar refractivity (Wildman–Crippen MR) is 73.3 cm³/mol. The molecule has 1 aromatic heterocycles. The molecule has 106 valence electrons. The second-order valence-corrected chi connectivity index (χ2v) is 6.99. The minimum atomic E-state index is -3.49. The Labute approximate surface area is 114 Å². The van der Waals surface area contributed by atoms with Crippen LogP contribution in [-0.4, -0.2) is 42.3 Å². The zero-order valence-electron chi connectivity index (χ0n) is 11.5. The maximum atomic E-state index is 12.6. The van der Waals surface area contributed by atoms with Crippen LogP contribution in [0.15, 0.2) is 17.3 Å². The Morgan fingerprint density at radius 1 is 1.26 bits per heavy atom. The summed E-state index contributed by atoms with van der Waals surface area (Å²) in [7, 11) is -1.80. The third kappa shape index (κ3) is 2.87. The van der Waals surface area contributed by atoms with Crippen LogP contribution in [0.5, 0.6) is 0 Å². The van der Waals surface area contributed by atoms with Crippen LogP contribution in [0.3, 0.4) is 0 Å². The van der Waals surface area contributed by atoms with Gasteiger partial charge in [-0.25, -0.2) is 18.4 Å². The van der Waals surface area contributed by atoms with Gasteiger partial charge in [-0.05, 0) is 25.7 Å². The van der Waals surface area contributed by atoms with E-state index in [-0.39, 0.29) is 10.9 Å². The normalized spacial score (nSPS) is 25.2. The van der Waals surface area contributed by atoms with Crippen LogP contribution in [0.25, 0.3) is 0 Å². The molecule has 0 bridgehead atoms. The Morgan fingerprint density at radius 2 is 1.89 bits per heavy atom. The number of hydrogen-bond acceptors (Lipinski definition) is 5. The molecule has 1 saturated heterocycles. The second kappa shape index (κ2) is 5.42. The number of piperidine rings is 1. The summed E-state index contributed by atoms with van der Waals surface area (Å²) in [5, 5.41) is 2.77. The quantitative estimate of drug-likeness (QED) is 0.906. The zero-order valence-corrected chi connectivity index (χ0v) is 12.3. The standard InChI is InChI=1S/C12H20N4O2S/c1-9-4-5-10(2)16(8-9)19(17,18)11-6-14-12(13-3)15-7-11/h6-7,9-10H,4-5,8H2,1-3H3,(H,13,14,15). The third-order valence-corrected chi connectivity index (χ3v) is 5.45. The van der Waals surface area contributed by atoms with Gasteiger partial charge in [-0.15, -0.1) is 0 Å². The highest BCUT2D eigenvalue weighted by molar-refractivity contribution is 7.89. The molecule has 0 aromatic carbocycles.